The molecule has 20 heavy (non-hydrogen) atoms. The molecule has 0 bridgehead atoms. The predicted molar refractivity (Wildman–Crippen MR) is 79.8 cm³/mol. The molecule has 0 aliphatic heterocycles. The van der Waals surface area contributed by atoms with Gasteiger partial charge in [0, 0.05) is 22.0 Å². The van der Waals surface area contributed by atoms with E-state index in [1.807, 2.05) is 18.2 Å². The third-order valence-electron chi connectivity index (χ3n) is 3.23. The first-order valence-electron chi connectivity index (χ1n) is 6.30. The summed E-state index contributed by atoms with van der Waals surface area (Å²) < 4.78 is 14.3. The Bertz CT molecular complexity index is 711. The normalized spacial score (nSPS) is 12.7. The topological polar surface area (TPSA) is 50.9 Å². The number of fused-ring (bicyclic) bond motifs is 1. The first-order chi connectivity index (χ1) is 9.76. The number of hydrogen-bond acceptors (Lipinski definition) is 4. The number of hydrogen-bond donors (Lipinski definition) is 2. The van der Waals surface area contributed by atoms with Gasteiger partial charge in [-0.25, -0.2) is 4.39 Å². The maximum atomic E-state index is 13.2. The molecule has 1 unspecified atom stereocenters. The molecule has 0 saturated carbocycles. The average Bonchev–Trinajstić information content (AvgIpc) is 2.88. The summed E-state index contributed by atoms with van der Waals surface area (Å²) in [5.41, 5.74) is 4.00. The Morgan fingerprint density at radius 2 is 2.00 bits per heavy atom. The highest BCUT2D eigenvalue weighted by Gasteiger charge is 2.14. The molecular formula is C15H14FN3S. The number of benzene rings is 1. The van der Waals surface area contributed by atoms with Crippen molar-refractivity contribution in [2.24, 2.45) is 5.84 Å². The number of nitrogens with zero attached hydrogens (tertiary/aromatic N) is 1. The smallest absolute Gasteiger partial charge is 0.123 e. The Hall–Kier alpha value is -1.82. The quantitative estimate of drug-likeness (QED) is 0.572. The standard InChI is InChI=1S/C15H14FN3S/c16-12-1-2-14-11(8-12)9-15(20-14)13(19-17)7-10-3-5-18-6-4-10/h1-6,8-9,13,19H,7,17H2. The van der Waals surface area contributed by atoms with Crippen LogP contribution in [-0.4, -0.2) is 4.98 Å². The van der Waals surface area contributed by atoms with Gasteiger partial charge in [0.05, 0.1) is 6.04 Å². The zero-order valence-electron chi connectivity index (χ0n) is 10.7. The van der Waals surface area contributed by atoms with Crippen LogP contribution in [0, 0.1) is 5.82 Å². The Morgan fingerprint density at radius 3 is 2.75 bits per heavy atom. The first kappa shape index (κ1) is 13.2. The van der Waals surface area contributed by atoms with Crippen LogP contribution in [0.4, 0.5) is 4.39 Å². The summed E-state index contributed by atoms with van der Waals surface area (Å²) in [5, 5.41) is 0.917. The molecule has 0 aliphatic carbocycles. The fourth-order valence-electron chi connectivity index (χ4n) is 2.20. The van der Waals surface area contributed by atoms with Crippen molar-refractivity contribution >= 4 is 21.4 Å². The third-order valence-corrected chi connectivity index (χ3v) is 4.46. The van der Waals surface area contributed by atoms with Gasteiger partial charge >= 0.3 is 0 Å². The van der Waals surface area contributed by atoms with Gasteiger partial charge in [-0.15, -0.1) is 11.3 Å². The molecule has 3 aromatic rings. The molecular weight excluding hydrogens is 273 g/mol. The van der Waals surface area contributed by atoms with Crippen LogP contribution < -0.4 is 11.3 Å². The molecule has 3 rings (SSSR count). The van der Waals surface area contributed by atoms with Gasteiger partial charge in [-0.2, -0.15) is 0 Å². The van der Waals surface area contributed by atoms with Crippen molar-refractivity contribution < 1.29 is 4.39 Å². The molecule has 1 aromatic carbocycles. The Labute approximate surface area is 120 Å². The average molecular weight is 287 g/mol. The maximum Gasteiger partial charge on any atom is 0.123 e. The van der Waals surface area contributed by atoms with E-state index in [2.05, 4.69) is 10.4 Å². The summed E-state index contributed by atoms with van der Waals surface area (Å²) >= 11 is 1.63. The summed E-state index contributed by atoms with van der Waals surface area (Å²) in [6.07, 6.45) is 4.31. The third kappa shape index (κ3) is 2.70. The van der Waals surface area contributed by atoms with Crippen molar-refractivity contribution in [3.05, 3.63) is 65.0 Å². The molecule has 1 atom stereocenters. The van der Waals surface area contributed by atoms with Crippen LogP contribution in [0.25, 0.3) is 10.1 Å². The van der Waals surface area contributed by atoms with E-state index < -0.39 is 0 Å². The number of nitrogens with one attached hydrogen (secondary N) is 1. The molecule has 0 spiro atoms. The zero-order chi connectivity index (χ0) is 13.9. The molecule has 0 aliphatic rings. The van der Waals surface area contributed by atoms with E-state index in [1.165, 1.54) is 6.07 Å². The lowest BCUT2D eigenvalue weighted by atomic mass is 10.1. The van der Waals surface area contributed by atoms with Gasteiger partial charge in [0.25, 0.3) is 0 Å². The minimum atomic E-state index is -0.215. The summed E-state index contributed by atoms with van der Waals surface area (Å²) in [6.45, 7) is 0. The van der Waals surface area contributed by atoms with Crippen LogP contribution in [0.5, 0.6) is 0 Å². The summed E-state index contributed by atoms with van der Waals surface area (Å²) in [4.78, 5) is 5.11. The molecule has 102 valence electrons. The first-order valence-corrected chi connectivity index (χ1v) is 7.12. The van der Waals surface area contributed by atoms with Gasteiger partial charge in [-0.05, 0) is 53.8 Å². The minimum Gasteiger partial charge on any atom is -0.271 e. The second kappa shape index (κ2) is 5.66. The molecule has 0 fully saturated rings. The van der Waals surface area contributed by atoms with Crippen LogP contribution in [0.15, 0.2) is 48.8 Å². The lowest BCUT2D eigenvalue weighted by molar-refractivity contribution is 0.560. The van der Waals surface area contributed by atoms with E-state index in [4.69, 9.17) is 5.84 Å². The van der Waals surface area contributed by atoms with Crippen molar-refractivity contribution in [2.45, 2.75) is 12.5 Å². The fraction of sp³-hybridized carbons (Fsp3) is 0.133. The van der Waals surface area contributed by atoms with Crippen molar-refractivity contribution in [1.29, 1.82) is 0 Å². The Kier molecular flexibility index (Phi) is 3.73. The molecule has 5 heteroatoms. The second-order valence-corrected chi connectivity index (χ2v) is 5.73. The van der Waals surface area contributed by atoms with E-state index in [0.29, 0.717) is 0 Å². The summed E-state index contributed by atoms with van der Waals surface area (Å²) in [7, 11) is 0. The predicted octanol–water partition coefficient (Wildman–Crippen LogP) is 3.18. The molecule has 0 amide bonds. The van der Waals surface area contributed by atoms with Crippen molar-refractivity contribution in [2.75, 3.05) is 0 Å². The number of nitrogens with two attached hydrogens (primary N) is 1. The van der Waals surface area contributed by atoms with Crippen LogP contribution in [0.2, 0.25) is 0 Å². The van der Waals surface area contributed by atoms with Gasteiger partial charge in [0.15, 0.2) is 0 Å². The second-order valence-electron chi connectivity index (χ2n) is 4.61. The van der Waals surface area contributed by atoms with E-state index in [0.717, 1.165) is 26.9 Å². The molecule has 0 radical (unpaired) electrons. The van der Waals surface area contributed by atoms with Crippen LogP contribution >= 0.6 is 11.3 Å². The summed E-state index contributed by atoms with van der Waals surface area (Å²) in [6, 6.07) is 10.8. The number of halogens is 1. The lowest BCUT2D eigenvalue weighted by Crippen LogP contribution is -2.28. The Morgan fingerprint density at radius 1 is 1.20 bits per heavy atom. The van der Waals surface area contributed by atoms with Crippen LogP contribution in [0.3, 0.4) is 0 Å². The number of thiophene rings is 1. The summed E-state index contributed by atoms with van der Waals surface area (Å²) in [5.74, 6) is 5.46. The van der Waals surface area contributed by atoms with Crippen LogP contribution in [0.1, 0.15) is 16.5 Å². The SMILES string of the molecule is NNC(Cc1ccncc1)c1cc2cc(F)ccc2s1. The molecule has 2 heterocycles. The molecule has 3 nitrogen and oxygen atoms in total. The van der Waals surface area contributed by atoms with E-state index in [1.54, 1.807) is 35.9 Å². The van der Waals surface area contributed by atoms with E-state index >= 15 is 0 Å². The van der Waals surface area contributed by atoms with Crippen LogP contribution in [-0.2, 0) is 6.42 Å². The van der Waals surface area contributed by atoms with Crippen molar-refractivity contribution in [3.8, 4) is 0 Å². The maximum absolute atomic E-state index is 13.2. The fourth-order valence-corrected chi connectivity index (χ4v) is 3.31. The Balaban J connectivity index is 1.91. The van der Waals surface area contributed by atoms with Gasteiger partial charge in [-0.1, -0.05) is 0 Å². The highest BCUT2D eigenvalue weighted by atomic mass is 32.1. The number of rotatable bonds is 4. The number of hydrazine groups is 1. The lowest BCUT2D eigenvalue weighted by Gasteiger charge is -2.13. The van der Waals surface area contributed by atoms with Gasteiger partial charge < -0.3 is 0 Å². The molecule has 3 N–H and O–H groups in total. The highest BCUT2D eigenvalue weighted by molar-refractivity contribution is 7.19. The largest absolute Gasteiger partial charge is 0.271 e. The van der Waals surface area contributed by atoms with E-state index in [9.17, 15) is 4.39 Å². The molecule has 0 saturated heterocycles. The zero-order valence-corrected chi connectivity index (χ0v) is 11.5. The molecule has 2 aromatic heterocycles. The number of pyridine rings is 1. The van der Waals surface area contributed by atoms with Crippen molar-refractivity contribution in [1.82, 2.24) is 10.4 Å². The highest BCUT2D eigenvalue weighted by Crippen LogP contribution is 2.31. The van der Waals surface area contributed by atoms with Crippen molar-refractivity contribution in [3.63, 3.8) is 0 Å². The van der Waals surface area contributed by atoms with Gasteiger partial charge in [0.2, 0.25) is 0 Å². The number of aromatic nitrogens is 1. The van der Waals surface area contributed by atoms with E-state index in [-0.39, 0.29) is 11.9 Å². The van der Waals surface area contributed by atoms with Gasteiger partial charge in [0.1, 0.15) is 5.82 Å². The van der Waals surface area contributed by atoms with Gasteiger partial charge in [-0.3, -0.25) is 16.3 Å². The monoisotopic (exact) mass is 287 g/mol. The minimum absolute atomic E-state index is 0.0119.